The first kappa shape index (κ1) is 21.7. The Morgan fingerprint density at radius 2 is 2.00 bits per heavy atom. The van der Waals surface area contributed by atoms with E-state index in [2.05, 4.69) is 39.4 Å². The number of nitrogens with zero attached hydrogens (tertiary/aromatic N) is 2. The lowest BCUT2D eigenvalue weighted by atomic mass is 9.92. The molecule has 148 valence electrons. The second-order valence-corrected chi connectivity index (χ2v) is 7.60. The summed E-state index contributed by atoms with van der Waals surface area (Å²) in [5, 5.41) is 12.9. The van der Waals surface area contributed by atoms with Crippen LogP contribution in [0, 0.1) is 5.92 Å². The monoisotopic (exact) mass is 403 g/mol. The molecule has 0 radical (unpaired) electrons. The van der Waals surface area contributed by atoms with E-state index in [4.69, 9.17) is 4.74 Å². The average Bonchev–Trinajstić information content (AvgIpc) is 2.59. The van der Waals surface area contributed by atoms with Crippen molar-refractivity contribution in [1.29, 1.82) is 0 Å². The molecule has 3 saturated heterocycles. The van der Waals surface area contributed by atoms with Crippen molar-refractivity contribution in [3.05, 3.63) is 29.8 Å². The Bertz CT molecular complexity index is 557. The van der Waals surface area contributed by atoms with Crippen LogP contribution in [0.1, 0.15) is 18.4 Å². The van der Waals surface area contributed by atoms with Crippen molar-refractivity contribution in [3.8, 4) is 5.75 Å². The maximum Gasteiger partial charge on any atom is 0.119 e. The minimum absolute atomic E-state index is 0. The van der Waals surface area contributed by atoms with Gasteiger partial charge in [-0.15, -0.1) is 24.8 Å². The van der Waals surface area contributed by atoms with Crippen LogP contribution in [0.5, 0.6) is 5.75 Å². The SMILES string of the molecule is Cl.Cl.OC1CN(Cc2cccc(OC[C@@H]3CC[C@H]4CNCCN4C3)c2)C1. The molecule has 0 aliphatic carbocycles. The van der Waals surface area contributed by atoms with Gasteiger partial charge in [-0.2, -0.15) is 0 Å². The molecule has 0 saturated carbocycles. The number of benzene rings is 1. The van der Waals surface area contributed by atoms with Crippen LogP contribution in [0.25, 0.3) is 0 Å². The van der Waals surface area contributed by atoms with E-state index in [0.29, 0.717) is 5.92 Å². The number of hydrogen-bond donors (Lipinski definition) is 2. The van der Waals surface area contributed by atoms with Crippen molar-refractivity contribution in [2.24, 2.45) is 5.92 Å². The Hall–Kier alpha value is -0.560. The summed E-state index contributed by atoms with van der Waals surface area (Å²) >= 11 is 0. The summed E-state index contributed by atoms with van der Waals surface area (Å²) in [6.45, 7) is 7.94. The number of likely N-dealkylation sites (tertiary alicyclic amines) is 1. The number of ether oxygens (including phenoxy) is 1. The van der Waals surface area contributed by atoms with E-state index >= 15 is 0 Å². The fourth-order valence-electron chi connectivity index (χ4n) is 4.19. The molecule has 1 aromatic carbocycles. The fraction of sp³-hybridized carbons (Fsp3) is 0.684. The Labute approximate surface area is 168 Å². The van der Waals surface area contributed by atoms with Crippen molar-refractivity contribution < 1.29 is 9.84 Å². The summed E-state index contributed by atoms with van der Waals surface area (Å²) in [5.74, 6) is 1.63. The molecule has 3 aliphatic heterocycles. The largest absolute Gasteiger partial charge is 0.493 e. The third kappa shape index (κ3) is 5.47. The van der Waals surface area contributed by atoms with Crippen molar-refractivity contribution in [3.63, 3.8) is 0 Å². The van der Waals surface area contributed by atoms with Gasteiger partial charge in [-0.05, 0) is 30.5 Å². The number of aliphatic hydroxyl groups is 1. The number of piperidine rings is 1. The van der Waals surface area contributed by atoms with Crippen LogP contribution in [0.2, 0.25) is 0 Å². The Morgan fingerprint density at radius 3 is 2.81 bits per heavy atom. The molecule has 2 N–H and O–H groups in total. The molecule has 0 spiro atoms. The quantitative estimate of drug-likeness (QED) is 0.784. The van der Waals surface area contributed by atoms with Crippen molar-refractivity contribution in [2.45, 2.75) is 31.5 Å². The highest BCUT2D eigenvalue weighted by atomic mass is 35.5. The summed E-state index contributed by atoms with van der Waals surface area (Å²) < 4.78 is 6.11. The van der Waals surface area contributed by atoms with Gasteiger partial charge in [0.25, 0.3) is 0 Å². The zero-order chi connectivity index (χ0) is 16.4. The van der Waals surface area contributed by atoms with Crippen LogP contribution in [0.15, 0.2) is 24.3 Å². The predicted molar refractivity (Wildman–Crippen MR) is 109 cm³/mol. The molecule has 0 aromatic heterocycles. The molecule has 1 aromatic rings. The van der Waals surface area contributed by atoms with E-state index in [1.165, 1.54) is 31.5 Å². The Kier molecular flexibility index (Phi) is 8.45. The summed E-state index contributed by atoms with van der Waals surface area (Å²) in [6.07, 6.45) is 2.43. The smallest absolute Gasteiger partial charge is 0.119 e. The number of halogens is 2. The number of β-amino-alcohol motifs (C(OH)–C–C–N with tert-alkyl or cyclic N) is 1. The lowest BCUT2D eigenvalue weighted by molar-refractivity contribution is -0.00290. The van der Waals surface area contributed by atoms with Gasteiger partial charge in [0.1, 0.15) is 5.75 Å². The number of nitrogens with one attached hydrogen (secondary N) is 1. The van der Waals surface area contributed by atoms with Crippen LogP contribution in [0.3, 0.4) is 0 Å². The third-order valence-electron chi connectivity index (χ3n) is 5.60. The van der Waals surface area contributed by atoms with Gasteiger partial charge in [0.2, 0.25) is 0 Å². The Balaban J connectivity index is 0.00000121. The summed E-state index contributed by atoms with van der Waals surface area (Å²) in [7, 11) is 0. The minimum atomic E-state index is -0.135. The van der Waals surface area contributed by atoms with Gasteiger partial charge in [-0.1, -0.05) is 12.1 Å². The molecule has 3 fully saturated rings. The van der Waals surface area contributed by atoms with Crippen molar-refractivity contribution in [2.75, 3.05) is 45.9 Å². The maximum atomic E-state index is 9.39. The highest BCUT2D eigenvalue weighted by molar-refractivity contribution is 5.85. The zero-order valence-corrected chi connectivity index (χ0v) is 16.8. The van der Waals surface area contributed by atoms with Crippen molar-refractivity contribution >= 4 is 24.8 Å². The van der Waals surface area contributed by atoms with Crippen LogP contribution in [0.4, 0.5) is 0 Å². The van der Waals surface area contributed by atoms with E-state index in [-0.39, 0.29) is 30.9 Å². The van der Waals surface area contributed by atoms with E-state index in [9.17, 15) is 5.11 Å². The molecule has 26 heavy (non-hydrogen) atoms. The molecule has 5 nitrogen and oxygen atoms in total. The summed E-state index contributed by atoms with van der Waals surface area (Å²) in [5.41, 5.74) is 1.27. The number of aliphatic hydroxyl groups excluding tert-OH is 1. The van der Waals surface area contributed by atoms with Gasteiger partial charge in [-0.25, -0.2) is 0 Å². The average molecular weight is 404 g/mol. The first-order valence-corrected chi connectivity index (χ1v) is 9.33. The highest BCUT2D eigenvalue weighted by Gasteiger charge is 2.30. The fourth-order valence-corrected chi connectivity index (χ4v) is 4.19. The van der Waals surface area contributed by atoms with E-state index in [1.807, 2.05) is 0 Å². The second-order valence-electron chi connectivity index (χ2n) is 7.60. The molecule has 7 heteroatoms. The van der Waals surface area contributed by atoms with E-state index in [1.54, 1.807) is 0 Å². The van der Waals surface area contributed by atoms with E-state index in [0.717, 1.165) is 51.1 Å². The highest BCUT2D eigenvalue weighted by Crippen LogP contribution is 2.24. The van der Waals surface area contributed by atoms with Crippen molar-refractivity contribution in [1.82, 2.24) is 15.1 Å². The molecule has 2 atom stereocenters. The summed E-state index contributed by atoms with van der Waals surface area (Å²) in [4.78, 5) is 4.90. The molecule has 3 heterocycles. The third-order valence-corrected chi connectivity index (χ3v) is 5.60. The first-order chi connectivity index (χ1) is 11.8. The molecule has 0 unspecified atom stereocenters. The Morgan fingerprint density at radius 1 is 1.15 bits per heavy atom. The van der Waals surface area contributed by atoms with Gasteiger partial charge in [0.05, 0.1) is 12.7 Å². The molecule has 0 bridgehead atoms. The topological polar surface area (TPSA) is 48.0 Å². The molecular formula is C19H31Cl2N3O2. The van der Waals surface area contributed by atoms with Gasteiger partial charge in [0.15, 0.2) is 0 Å². The second kappa shape index (κ2) is 10.1. The lowest BCUT2D eigenvalue weighted by Gasteiger charge is -2.42. The van der Waals surface area contributed by atoms with Crippen LogP contribution >= 0.6 is 24.8 Å². The van der Waals surface area contributed by atoms with Crippen LogP contribution in [-0.2, 0) is 6.54 Å². The normalized spacial score (nSPS) is 26.8. The van der Waals surface area contributed by atoms with Crippen LogP contribution in [-0.4, -0.2) is 72.9 Å². The zero-order valence-electron chi connectivity index (χ0n) is 15.2. The standard InChI is InChI=1S/C19H29N3O2.2ClH/c23-18-12-21(13-18)10-15-2-1-3-19(8-15)24-14-16-4-5-17-9-20-6-7-22(17)11-16;;/h1-3,8,16-18,20,23H,4-7,9-14H2;2*1H/t16-,17+;;/m1../s1. The molecule has 3 aliphatic rings. The number of rotatable bonds is 5. The first-order valence-electron chi connectivity index (χ1n) is 9.33. The van der Waals surface area contributed by atoms with Gasteiger partial charge < -0.3 is 15.2 Å². The molecule has 4 rings (SSSR count). The van der Waals surface area contributed by atoms with Gasteiger partial charge in [-0.3, -0.25) is 9.80 Å². The summed E-state index contributed by atoms with van der Waals surface area (Å²) in [6, 6.07) is 9.18. The van der Waals surface area contributed by atoms with E-state index < -0.39 is 0 Å². The molecule has 0 amide bonds. The molecular weight excluding hydrogens is 373 g/mol. The number of hydrogen-bond acceptors (Lipinski definition) is 5. The number of fused-ring (bicyclic) bond motifs is 1. The van der Waals surface area contributed by atoms with Gasteiger partial charge >= 0.3 is 0 Å². The predicted octanol–water partition coefficient (Wildman–Crippen LogP) is 1.77. The number of piperazine rings is 1. The minimum Gasteiger partial charge on any atom is -0.493 e. The van der Waals surface area contributed by atoms with Crippen LogP contribution < -0.4 is 10.1 Å². The maximum absolute atomic E-state index is 9.39. The lowest BCUT2D eigenvalue weighted by Crippen LogP contribution is -2.55. The van der Waals surface area contributed by atoms with Gasteiger partial charge in [0, 0.05) is 57.8 Å².